The number of ketones is 1. The molecule has 0 aliphatic rings. The minimum absolute atomic E-state index is 0.168. The second-order valence-electron chi connectivity index (χ2n) is 4.35. The molecule has 0 spiro atoms. The molecule has 0 saturated heterocycles. The predicted molar refractivity (Wildman–Crippen MR) is 77.5 cm³/mol. The van der Waals surface area contributed by atoms with Crippen LogP contribution in [-0.4, -0.2) is 26.9 Å². The summed E-state index contributed by atoms with van der Waals surface area (Å²) in [6.07, 6.45) is 0.820. The van der Waals surface area contributed by atoms with Gasteiger partial charge in [-0.15, -0.1) is 0 Å². The van der Waals surface area contributed by atoms with Gasteiger partial charge in [0, 0.05) is 23.2 Å². The number of hydrogen-bond donors (Lipinski definition) is 2. The third-order valence-corrected chi connectivity index (χ3v) is 3.00. The van der Waals surface area contributed by atoms with Crippen LogP contribution in [0.1, 0.15) is 24.7 Å². The number of aliphatic carboxylic acids is 1. The number of aromatic hydroxyl groups is 1. The number of Topliss-reactive ketones (excluding diaryl/α,β-unsaturated/α-hetero) is 1. The lowest BCUT2D eigenvalue weighted by Gasteiger charge is -2.06. The Morgan fingerprint density at radius 3 is 2.62 bits per heavy atom. The van der Waals surface area contributed by atoms with Gasteiger partial charge in [-0.25, -0.2) is 4.98 Å². The molecule has 0 saturated carbocycles. The van der Waals surface area contributed by atoms with E-state index in [0.29, 0.717) is 16.1 Å². The third kappa shape index (κ3) is 3.79. The van der Waals surface area contributed by atoms with Gasteiger partial charge in [0.2, 0.25) is 0 Å². The molecule has 1 aromatic carbocycles. The number of nitrogens with zero attached hydrogens (tertiary/aromatic N) is 1. The summed E-state index contributed by atoms with van der Waals surface area (Å²) in [5.74, 6) is -1.97. The highest BCUT2D eigenvalue weighted by atomic mass is 35.5. The lowest BCUT2D eigenvalue weighted by Crippen LogP contribution is -2.06. The average Bonchev–Trinajstić information content (AvgIpc) is 2.43. The van der Waals surface area contributed by atoms with Gasteiger partial charge in [-0.1, -0.05) is 23.7 Å². The zero-order chi connectivity index (χ0) is 16.3. The largest absolute Gasteiger partial charge is 0.506 e. The SMILES string of the molecule is [2H]c1cc(Cl)cc(-c2cnc(C(=O)CCC(=O)O)c(O)c2)c1. The zero-order valence-electron chi connectivity index (χ0n) is 11.8. The van der Waals surface area contributed by atoms with E-state index in [0.717, 1.165) is 0 Å². The molecule has 6 heteroatoms. The first-order valence-electron chi connectivity index (χ1n) is 6.58. The van der Waals surface area contributed by atoms with Crippen molar-refractivity contribution in [3.63, 3.8) is 0 Å². The number of benzene rings is 1. The van der Waals surface area contributed by atoms with Gasteiger partial charge in [-0.05, 0) is 23.8 Å². The number of hydrogen-bond acceptors (Lipinski definition) is 4. The summed E-state index contributed by atoms with van der Waals surface area (Å²) in [5, 5.41) is 18.9. The highest BCUT2D eigenvalue weighted by molar-refractivity contribution is 6.30. The number of rotatable bonds is 5. The minimum atomic E-state index is -1.09. The number of carboxylic acid groups (broad SMARTS) is 1. The molecule has 0 aliphatic heterocycles. The molecule has 2 aromatic rings. The van der Waals surface area contributed by atoms with Crippen molar-refractivity contribution in [1.29, 1.82) is 0 Å². The van der Waals surface area contributed by atoms with Crippen molar-refractivity contribution >= 4 is 23.4 Å². The molecule has 2 N–H and O–H groups in total. The van der Waals surface area contributed by atoms with E-state index in [1.165, 1.54) is 18.3 Å². The Morgan fingerprint density at radius 2 is 2.00 bits per heavy atom. The van der Waals surface area contributed by atoms with Crippen LogP contribution in [0.15, 0.2) is 36.5 Å². The fourth-order valence-corrected chi connectivity index (χ4v) is 1.95. The number of aromatic nitrogens is 1. The van der Waals surface area contributed by atoms with Gasteiger partial charge in [0.05, 0.1) is 7.79 Å². The third-order valence-electron chi connectivity index (χ3n) is 2.78. The molecule has 5 nitrogen and oxygen atoms in total. The maximum Gasteiger partial charge on any atom is 0.303 e. The lowest BCUT2D eigenvalue weighted by atomic mass is 10.1. The van der Waals surface area contributed by atoms with Gasteiger partial charge in [0.1, 0.15) is 11.4 Å². The van der Waals surface area contributed by atoms with E-state index >= 15 is 0 Å². The minimum Gasteiger partial charge on any atom is -0.506 e. The summed E-state index contributed by atoms with van der Waals surface area (Å²) in [6, 6.07) is 6.19. The fourth-order valence-electron chi connectivity index (χ4n) is 1.77. The Kier molecular flexibility index (Phi) is 4.12. The summed E-state index contributed by atoms with van der Waals surface area (Å²) >= 11 is 5.88. The van der Waals surface area contributed by atoms with Crippen molar-refractivity contribution in [3.05, 3.63) is 47.2 Å². The van der Waals surface area contributed by atoms with E-state index in [9.17, 15) is 14.7 Å². The second kappa shape index (κ2) is 6.37. The average molecular weight is 307 g/mol. The quantitative estimate of drug-likeness (QED) is 0.828. The summed E-state index contributed by atoms with van der Waals surface area (Å²) in [4.78, 5) is 26.1. The van der Waals surface area contributed by atoms with Crippen LogP contribution in [0.25, 0.3) is 11.1 Å². The summed E-state index contributed by atoms with van der Waals surface area (Å²) in [7, 11) is 0. The van der Waals surface area contributed by atoms with Crippen molar-refractivity contribution in [3.8, 4) is 16.9 Å². The number of carbonyl (C=O) groups excluding carboxylic acids is 1. The van der Waals surface area contributed by atoms with Crippen LogP contribution < -0.4 is 0 Å². The fraction of sp³-hybridized carbons (Fsp3) is 0.133. The molecule has 21 heavy (non-hydrogen) atoms. The van der Waals surface area contributed by atoms with Crippen LogP contribution in [0.2, 0.25) is 5.02 Å². The number of halogens is 1. The van der Waals surface area contributed by atoms with Crippen LogP contribution in [0.3, 0.4) is 0 Å². The standard InChI is InChI=1S/C15H12ClNO4/c16-11-3-1-2-9(6-11)10-7-13(19)15(17-8-10)12(18)4-5-14(20)21/h1-3,6-8,19H,4-5H2,(H,20,21)/i1D. The molecule has 1 heterocycles. The van der Waals surface area contributed by atoms with Crippen molar-refractivity contribution in [2.75, 3.05) is 0 Å². The number of carboxylic acids is 1. The van der Waals surface area contributed by atoms with Crippen molar-refractivity contribution in [2.24, 2.45) is 0 Å². The van der Waals surface area contributed by atoms with Gasteiger partial charge in [0.25, 0.3) is 0 Å². The van der Waals surface area contributed by atoms with Crippen molar-refractivity contribution in [2.45, 2.75) is 12.8 Å². The van der Waals surface area contributed by atoms with Gasteiger partial charge in [0.15, 0.2) is 5.78 Å². The second-order valence-corrected chi connectivity index (χ2v) is 4.78. The smallest absolute Gasteiger partial charge is 0.303 e. The first-order chi connectivity index (χ1) is 10.4. The van der Waals surface area contributed by atoms with Crippen LogP contribution in [0.5, 0.6) is 5.75 Å². The van der Waals surface area contributed by atoms with E-state index < -0.39 is 11.8 Å². The molecule has 0 atom stereocenters. The highest BCUT2D eigenvalue weighted by Gasteiger charge is 2.15. The van der Waals surface area contributed by atoms with E-state index in [4.69, 9.17) is 18.1 Å². The van der Waals surface area contributed by atoms with E-state index in [2.05, 4.69) is 4.98 Å². The van der Waals surface area contributed by atoms with Crippen molar-refractivity contribution < 1.29 is 21.2 Å². The molecule has 108 valence electrons. The molecule has 0 fully saturated rings. The first-order valence-corrected chi connectivity index (χ1v) is 6.46. The Labute approximate surface area is 127 Å². The molecule has 0 aliphatic carbocycles. The molecule has 0 amide bonds. The number of pyridine rings is 1. The lowest BCUT2D eigenvalue weighted by molar-refractivity contribution is -0.136. The maximum absolute atomic E-state index is 11.8. The van der Waals surface area contributed by atoms with Gasteiger partial charge >= 0.3 is 5.97 Å². The van der Waals surface area contributed by atoms with Gasteiger partial charge < -0.3 is 10.2 Å². The number of carbonyl (C=O) groups is 2. The van der Waals surface area contributed by atoms with Crippen LogP contribution in [0, 0.1) is 0 Å². The Bertz CT molecular complexity index is 728. The maximum atomic E-state index is 11.8. The van der Waals surface area contributed by atoms with Gasteiger partial charge in [-0.3, -0.25) is 9.59 Å². The molecule has 0 bridgehead atoms. The zero-order valence-corrected chi connectivity index (χ0v) is 11.6. The Hall–Kier alpha value is -2.40. The molecular weight excluding hydrogens is 294 g/mol. The molecule has 1 aromatic heterocycles. The molecule has 0 radical (unpaired) electrons. The first kappa shape index (κ1) is 13.6. The summed E-state index contributed by atoms with van der Waals surface area (Å²) < 4.78 is 7.61. The van der Waals surface area contributed by atoms with Crippen LogP contribution in [-0.2, 0) is 4.79 Å². The molecule has 2 rings (SSSR count). The van der Waals surface area contributed by atoms with Crippen LogP contribution >= 0.6 is 11.6 Å². The van der Waals surface area contributed by atoms with Crippen LogP contribution in [0.4, 0.5) is 0 Å². The molecular formula is C15H12ClNO4. The van der Waals surface area contributed by atoms with Gasteiger partial charge in [-0.2, -0.15) is 0 Å². The molecule has 0 unspecified atom stereocenters. The van der Waals surface area contributed by atoms with E-state index in [1.807, 2.05) is 0 Å². The Balaban J connectivity index is 2.29. The van der Waals surface area contributed by atoms with Crippen molar-refractivity contribution in [1.82, 2.24) is 4.98 Å². The normalized spacial score (nSPS) is 11.0. The van der Waals surface area contributed by atoms with E-state index in [-0.39, 0.29) is 30.3 Å². The monoisotopic (exact) mass is 306 g/mol. The summed E-state index contributed by atoms with van der Waals surface area (Å²) in [6.45, 7) is 0. The highest BCUT2D eigenvalue weighted by Crippen LogP contribution is 2.27. The Morgan fingerprint density at radius 1 is 1.24 bits per heavy atom. The summed E-state index contributed by atoms with van der Waals surface area (Å²) in [5.41, 5.74) is 0.922. The topological polar surface area (TPSA) is 87.5 Å². The predicted octanol–water partition coefficient (Wildman–Crippen LogP) is 3.16. The van der Waals surface area contributed by atoms with E-state index in [1.54, 1.807) is 12.1 Å².